The molecule has 0 aliphatic heterocycles. The third-order valence-electron chi connectivity index (χ3n) is 2.13. The monoisotopic (exact) mass is 372 g/mol. The summed E-state index contributed by atoms with van der Waals surface area (Å²) >= 11 is 22.6. The molecule has 17 heavy (non-hydrogen) atoms. The molecule has 1 atom stereocenters. The van der Waals surface area contributed by atoms with E-state index in [1.165, 1.54) is 23.5 Å². The summed E-state index contributed by atoms with van der Waals surface area (Å²) < 4.78 is 15.0. The standard InChI is InChI=1S/C11H5BrCl3FS/c12-6-1-5(2-7(16)3-6)10(14)8-4-9(13)17-11(8)15/h1-4,10H. The quantitative estimate of drug-likeness (QED) is 0.542. The first-order chi connectivity index (χ1) is 7.97. The molecule has 0 N–H and O–H groups in total. The summed E-state index contributed by atoms with van der Waals surface area (Å²) in [6, 6.07) is 6.20. The topological polar surface area (TPSA) is 0 Å². The molecular weight excluding hydrogens is 369 g/mol. The molecule has 0 saturated carbocycles. The van der Waals surface area contributed by atoms with Gasteiger partial charge in [0.1, 0.15) is 5.82 Å². The van der Waals surface area contributed by atoms with Crippen LogP contribution >= 0.6 is 62.1 Å². The second-order valence-electron chi connectivity index (χ2n) is 3.34. The Kier molecular flexibility index (Phi) is 4.37. The van der Waals surface area contributed by atoms with Crippen LogP contribution in [-0.2, 0) is 0 Å². The van der Waals surface area contributed by atoms with Gasteiger partial charge in [0.15, 0.2) is 0 Å². The van der Waals surface area contributed by atoms with E-state index in [-0.39, 0.29) is 5.82 Å². The molecule has 0 nitrogen and oxygen atoms in total. The minimum atomic E-state index is -0.516. The van der Waals surface area contributed by atoms with Crippen molar-refractivity contribution in [3.05, 3.63) is 54.4 Å². The normalized spacial score (nSPS) is 12.8. The van der Waals surface area contributed by atoms with E-state index < -0.39 is 5.38 Å². The summed E-state index contributed by atoms with van der Waals surface area (Å²) in [4.78, 5) is 0. The summed E-state index contributed by atoms with van der Waals surface area (Å²) in [6.07, 6.45) is 0. The Hall–Kier alpha value is 0.200. The largest absolute Gasteiger partial charge is 0.207 e. The first-order valence-corrected chi connectivity index (χ1v) is 7.32. The maximum Gasteiger partial charge on any atom is 0.124 e. The predicted octanol–water partition coefficient (Wildman–Crippen LogP) is 6.28. The average molecular weight is 374 g/mol. The van der Waals surface area contributed by atoms with Gasteiger partial charge in [-0.15, -0.1) is 22.9 Å². The summed E-state index contributed by atoms with van der Waals surface area (Å²) in [6.45, 7) is 0. The fourth-order valence-electron chi connectivity index (χ4n) is 1.43. The van der Waals surface area contributed by atoms with Gasteiger partial charge in [0.25, 0.3) is 0 Å². The fourth-order valence-corrected chi connectivity index (χ4v) is 3.86. The highest BCUT2D eigenvalue weighted by Gasteiger charge is 2.18. The van der Waals surface area contributed by atoms with Gasteiger partial charge in [0.05, 0.1) is 14.0 Å². The number of benzene rings is 1. The first-order valence-electron chi connectivity index (χ1n) is 4.52. The highest BCUT2D eigenvalue weighted by molar-refractivity contribution is 9.10. The van der Waals surface area contributed by atoms with Crippen LogP contribution in [0.4, 0.5) is 4.39 Å². The van der Waals surface area contributed by atoms with Crippen molar-refractivity contribution in [2.75, 3.05) is 0 Å². The van der Waals surface area contributed by atoms with E-state index in [4.69, 9.17) is 34.8 Å². The van der Waals surface area contributed by atoms with Crippen LogP contribution < -0.4 is 0 Å². The van der Waals surface area contributed by atoms with Crippen LogP contribution in [0.25, 0.3) is 0 Å². The van der Waals surface area contributed by atoms with E-state index in [1.807, 2.05) is 0 Å². The summed E-state index contributed by atoms with van der Waals surface area (Å²) in [7, 11) is 0. The van der Waals surface area contributed by atoms with E-state index in [9.17, 15) is 4.39 Å². The summed E-state index contributed by atoms with van der Waals surface area (Å²) in [5.74, 6) is -0.350. The first kappa shape index (κ1) is 13.6. The van der Waals surface area contributed by atoms with Crippen molar-refractivity contribution in [1.29, 1.82) is 0 Å². The van der Waals surface area contributed by atoms with Gasteiger partial charge < -0.3 is 0 Å². The average Bonchev–Trinajstić information content (AvgIpc) is 2.55. The second-order valence-corrected chi connectivity index (χ2v) is 6.98. The highest BCUT2D eigenvalue weighted by atomic mass is 79.9. The van der Waals surface area contributed by atoms with Crippen LogP contribution in [0.2, 0.25) is 8.67 Å². The molecule has 1 heterocycles. The lowest BCUT2D eigenvalue weighted by Gasteiger charge is -2.09. The minimum absolute atomic E-state index is 0.350. The molecule has 0 aliphatic rings. The molecule has 1 aromatic carbocycles. The molecule has 1 unspecified atom stereocenters. The van der Waals surface area contributed by atoms with Crippen molar-refractivity contribution >= 4 is 62.1 Å². The van der Waals surface area contributed by atoms with Crippen molar-refractivity contribution in [2.45, 2.75) is 5.38 Å². The Balaban J connectivity index is 2.43. The van der Waals surface area contributed by atoms with Gasteiger partial charge in [-0.2, -0.15) is 0 Å². The number of alkyl halides is 1. The van der Waals surface area contributed by atoms with Crippen LogP contribution in [0, 0.1) is 5.82 Å². The molecule has 0 fully saturated rings. The number of hydrogen-bond acceptors (Lipinski definition) is 1. The highest BCUT2D eigenvalue weighted by Crippen LogP contribution is 2.41. The van der Waals surface area contributed by atoms with Crippen LogP contribution in [0.5, 0.6) is 0 Å². The zero-order valence-corrected chi connectivity index (χ0v) is 12.9. The predicted molar refractivity (Wildman–Crippen MR) is 76.1 cm³/mol. The Morgan fingerprint density at radius 3 is 2.41 bits per heavy atom. The Labute approximate surface area is 125 Å². The number of halogens is 5. The van der Waals surface area contributed by atoms with E-state index in [1.54, 1.807) is 12.1 Å². The van der Waals surface area contributed by atoms with Crippen molar-refractivity contribution in [3.63, 3.8) is 0 Å². The molecule has 90 valence electrons. The molecule has 0 amide bonds. The van der Waals surface area contributed by atoms with Crippen LogP contribution in [0.15, 0.2) is 28.7 Å². The Morgan fingerprint density at radius 1 is 1.18 bits per heavy atom. The zero-order valence-electron chi connectivity index (χ0n) is 8.18. The van der Waals surface area contributed by atoms with Crippen molar-refractivity contribution < 1.29 is 4.39 Å². The number of thiophene rings is 1. The van der Waals surface area contributed by atoms with Gasteiger partial charge in [-0.25, -0.2) is 4.39 Å². The fraction of sp³-hybridized carbons (Fsp3) is 0.0909. The maximum atomic E-state index is 13.3. The molecule has 2 aromatic rings. The van der Waals surface area contributed by atoms with Crippen molar-refractivity contribution in [1.82, 2.24) is 0 Å². The molecule has 0 spiro atoms. The Bertz CT molecular complexity index is 535. The second kappa shape index (κ2) is 5.45. The SMILES string of the molecule is Fc1cc(Br)cc(C(Cl)c2cc(Cl)sc2Cl)c1. The van der Waals surface area contributed by atoms with E-state index in [2.05, 4.69) is 15.9 Å². The van der Waals surface area contributed by atoms with E-state index in [0.717, 1.165) is 0 Å². The molecule has 0 bridgehead atoms. The lowest BCUT2D eigenvalue weighted by atomic mass is 10.1. The molecule has 1 aromatic heterocycles. The van der Waals surface area contributed by atoms with E-state index in [0.29, 0.717) is 24.3 Å². The lowest BCUT2D eigenvalue weighted by Crippen LogP contribution is -1.93. The van der Waals surface area contributed by atoms with Gasteiger partial charge in [-0.1, -0.05) is 39.1 Å². The minimum Gasteiger partial charge on any atom is -0.207 e. The van der Waals surface area contributed by atoms with E-state index >= 15 is 0 Å². The summed E-state index contributed by atoms with van der Waals surface area (Å²) in [5, 5.41) is -0.516. The van der Waals surface area contributed by atoms with Gasteiger partial charge in [-0.3, -0.25) is 0 Å². The summed E-state index contributed by atoms with van der Waals surface area (Å²) in [5.41, 5.74) is 1.33. The molecule has 2 rings (SSSR count). The number of hydrogen-bond donors (Lipinski definition) is 0. The van der Waals surface area contributed by atoms with Gasteiger partial charge >= 0.3 is 0 Å². The maximum absolute atomic E-state index is 13.3. The molecule has 6 heteroatoms. The molecule has 0 aliphatic carbocycles. The van der Waals surface area contributed by atoms with Crippen LogP contribution in [0.1, 0.15) is 16.5 Å². The van der Waals surface area contributed by atoms with Crippen molar-refractivity contribution in [2.24, 2.45) is 0 Å². The lowest BCUT2D eigenvalue weighted by molar-refractivity contribution is 0.625. The Morgan fingerprint density at radius 2 is 1.88 bits per heavy atom. The van der Waals surface area contributed by atoms with Gasteiger partial charge in [0, 0.05) is 10.0 Å². The molecular formula is C11H5BrCl3FS. The van der Waals surface area contributed by atoms with Gasteiger partial charge in [0.2, 0.25) is 0 Å². The molecule has 0 saturated heterocycles. The molecule has 0 radical (unpaired) electrons. The van der Waals surface area contributed by atoms with Crippen molar-refractivity contribution in [3.8, 4) is 0 Å². The zero-order chi connectivity index (χ0) is 12.6. The third kappa shape index (κ3) is 3.15. The van der Waals surface area contributed by atoms with Gasteiger partial charge in [-0.05, 0) is 29.8 Å². The van der Waals surface area contributed by atoms with Crippen LogP contribution in [-0.4, -0.2) is 0 Å². The third-order valence-corrected chi connectivity index (χ3v) is 4.60. The van der Waals surface area contributed by atoms with Crippen LogP contribution in [0.3, 0.4) is 0 Å². The number of rotatable bonds is 2. The smallest absolute Gasteiger partial charge is 0.124 e.